The summed E-state index contributed by atoms with van der Waals surface area (Å²) in [5, 5.41) is 13.8. The lowest BCUT2D eigenvalue weighted by Gasteiger charge is -2.15. The van der Waals surface area contributed by atoms with Gasteiger partial charge in [-0.2, -0.15) is 5.10 Å². The van der Waals surface area contributed by atoms with Gasteiger partial charge in [0.25, 0.3) is 0 Å². The number of methoxy groups -OCH3 is 1. The number of H-pyrrole nitrogens is 1. The van der Waals surface area contributed by atoms with Gasteiger partial charge in [-0.15, -0.1) is 24.0 Å². The smallest absolute Gasteiger partial charge is 0.216 e. The molecule has 0 aliphatic carbocycles. The molecule has 8 nitrogen and oxygen atoms in total. The predicted octanol–water partition coefficient (Wildman–Crippen LogP) is 3.59. The molecule has 1 atom stereocenters. The molecule has 2 aromatic heterocycles. The van der Waals surface area contributed by atoms with E-state index in [9.17, 15) is 0 Å². The molecule has 3 aromatic rings. The maximum Gasteiger partial charge on any atom is 0.216 e. The number of ether oxygens (including phenoxy) is 1. The van der Waals surface area contributed by atoms with Crippen molar-refractivity contribution in [2.24, 2.45) is 4.99 Å². The molecule has 2 heterocycles. The Morgan fingerprint density at radius 3 is 2.63 bits per heavy atom. The second-order valence-electron chi connectivity index (χ2n) is 6.72. The number of benzene rings is 1. The number of aliphatic imine (C=N–C) groups is 1. The van der Waals surface area contributed by atoms with E-state index in [-0.39, 0.29) is 24.0 Å². The predicted molar refractivity (Wildman–Crippen MR) is 129 cm³/mol. The first-order valence-electron chi connectivity index (χ1n) is 9.73. The highest BCUT2D eigenvalue weighted by Crippen LogP contribution is 2.21. The van der Waals surface area contributed by atoms with E-state index in [1.807, 2.05) is 24.3 Å². The van der Waals surface area contributed by atoms with E-state index in [2.05, 4.69) is 49.9 Å². The molecule has 0 amide bonds. The Bertz CT molecular complexity index is 893. The van der Waals surface area contributed by atoms with Crippen molar-refractivity contribution >= 4 is 29.9 Å². The van der Waals surface area contributed by atoms with Crippen LogP contribution in [0.2, 0.25) is 0 Å². The van der Waals surface area contributed by atoms with Gasteiger partial charge in [0, 0.05) is 26.6 Å². The van der Waals surface area contributed by atoms with Crippen molar-refractivity contribution in [1.82, 2.24) is 25.8 Å². The standard InChI is InChI=1S/C21H28N6O2.HI/c1-15(16-6-8-17(28-3)9-7-16)10-12-23-21(22-2)24-13-11-19-25-20(27-26-19)18-5-4-14-29-18;/h4-9,14-15H,10-13H2,1-3H3,(H2,22,23,24)(H,25,26,27);1H. The summed E-state index contributed by atoms with van der Waals surface area (Å²) in [6.07, 6.45) is 3.32. The average molecular weight is 524 g/mol. The molecular weight excluding hydrogens is 495 g/mol. The maximum absolute atomic E-state index is 5.30. The third-order valence-electron chi connectivity index (χ3n) is 4.71. The van der Waals surface area contributed by atoms with Crippen LogP contribution in [0.15, 0.2) is 52.1 Å². The van der Waals surface area contributed by atoms with Crippen molar-refractivity contribution < 1.29 is 9.15 Å². The molecule has 30 heavy (non-hydrogen) atoms. The summed E-state index contributed by atoms with van der Waals surface area (Å²) in [6.45, 7) is 3.75. The van der Waals surface area contributed by atoms with Gasteiger partial charge in [0.15, 0.2) is 11.7 Å². The van der Waals surface area contributed by atoms with E-state index in [1.165, 1.54) is 5.56 Å². The fourth-order valence-corrected chi connectivity index (χ4v) is 2.95. The van der Waals surface area contributed by atoms with Crippen LogP contribution in [0, 0.1) is 0 Å². The minimum absolute atomic E-state index is 0. The topological polar surface area (TPSA) is 100 Å². The maximum atomic E-state index is 5.30. The highest BCUT2D eigenvalue weighted by Gasteiger charge is 2.09. The number of furan rings is 1. The van der Waals surface area contributed by atoms with Crippen molar-refractivity contribution in [1.29, 1.82) is 0 Å². The van der Waals surface area contributed by atoms with Crippen LogP contribution < -0.4 is 15.4 Å². The van der Waals surface area contributed by atoms with Crippen LogP contribution in [0.1, 0.15) is 30.7 Å². The third kappa shape index (κ3) is 6.75. The Hall–Kier alpha value is -2.56. The van der Waals surface area contributed by atoms with E-state index >= 15 is 0 Å². The van der Waals surface area contributed by atoms with Gasteiger partial charge < -0.3 is 19.8 Å². The number of hydrogen-bond acceptors (Lipinski definition) is 5. The van der Waals surface area contributed by atoms with Gasteiger partial charge in [-0.05, 0) is 42.2 Å². The first kappa shape index (κ1) is 23.7. The van der Waals surface area contributed by atoms with Gasteiger partial charge in [-0.25, -0.2) is 4.98 Å². The van der Waals surface area contributed by atoms with Crippen LogP contribution >= 0.6 is 24.0 Å². The highest BCUT2D eigenvalue weighted by atomic mass is 127. The van der Waals surface area contributed by atoms with Crippen LogP contribution in [0.5, 0.6) is 5.75 Å². The molecule has 0 saturated carbocycles. The molecular formula is C21H29IN6O2. The van der Waals surface area contributed by atoms with Crippen LogP contribution in [-0.4, -0.2) is 48.4 Å². The normalized spacial score (nSPS) is 12.2. The summed E-state index contributed by atoms with van der Waals surface area (Å²) in [4.78, 5) is 8.71. The van der Waals surface area contributed by atoms with Crippen molar-refractivity contribution in [3.63, 3.8) is 0 Å². The lowest BCUT2D eigenvalue weighted by molar-refractivity contribution is 0.414. The lowest BCUT2D eigenvalue weighted by atomic mass is 9.98. The summed E-state index contributed by atoms with van der Waals surface area (Å²) in [5.74, 6) is 4.13. The second-order valence-corrected chi connectivity index (χ2v) is 6.72. The molecule has 1 aromatic carbocycles. The molecule has 0 radical (unpaired) electrons. The third-order valence-corrected chi connectivity index (χ3v) is 4.71. The summed E-state index contributed by atoms with van der Waals surface area (Å²) in [7, 11) is 3.45. The number of rotatable bonds is 9. The summed E-state index contributed by atoms with van der Waals surface area (Å²) >= 11 is 0. The number of hydrogen-bond donors (Lipinski definition) is 3. The van der Waals surface area contributed by atoms with E-state index < -0.39 is 0 Å². The fourth-order valence-electron chi connectivity index (χ4n) is 2.95. The zero-order chi connectivity index (χ0) is 20.5. The first-order valence-corrected chi connectivity index (χ1v) is 9.73. The van der Waals surface area contributed by atoms with Crippen molar-refractivity contribution in [3.8, 4) is 17.3 Å². The zero-order valence-corrected chi connectivity index (χ0v) is 19.8. The van der Waals surface area contributed by atoms with Crippen molar-refractivity contribution in [2.75, 3.05) is 27.2 Å². The number of nitrogens with one attached hydrogen (secondary N) is 3. The van der Waals surface area contributed by atoms with Gasteiger partial charge in [0.1, 0.15) is 11.6 Å². The van der Waals surface area contributed by atoms with E-state index in [1.54, 1.807) is 20.4 Å². The summed E-state index contributed by atoms with van der Waals surface area (Å²) in [6, 6.07) is 11.9. The van der Waals surface area contributed by atoms with Crippen LogP contribution in [-0.2, 0) is 6.42 Å². The Morgan fingerprint density at radius 2 is 1.97 bits per heavy atom. The monoisotopic (exact) mass is 524 g/mol. The van der Waals surface area contributed by atoms with Gasteiger partial charge in [0.2, 0.25) is 5.82 Å². The quantitative estimate of drug-likeness (QED) is 0.225. The average Bonchev–Trinajstić information content (AvgIpc) is 3.44. The summed E-state index contributed by atoms with van der Waals surface area (Å²) < 4.78 is 10.5. The van der Waals surface area contributed by atoms with Gasteiger partial charge >= 0.3 is 0 Å². The molecule has 3 rings (SSSR count). The van der Waals surface area contributed by atoms with E-state index in [0.29, 0.717) is 30.5 Å². The van der Waals surface area contributed by atoms with Crippen molar-refractivity contribution in [2.45, 2.75) is 25.7 Å². The molecule has 0 saturated heterocycles. The Kier molecular flexibility index (Phi) is 9.65. The second kappa shape index (κ2) is 12.2. The fraction of sp³-hybridized carbons (Fsp3) is 0.381. The molecule has 0 aliphatic heterocycles. The molecule has 3 N–H and O–H groups in total. The first-order chi connectivity index (χ1) is 14.2. The minimum Gasteiger partial charge on any atom is -0.497 e. The number of nitrogens with zero attached hydrogens (tertiary/aromatic N) is 3. The lowest BCUT2D eigenvalue weighted by Crippen LogP contribution is -2.39. The molecule has 0 fully saturated rings. The molecule has 0 bridgehead atoms. The molecule has 0 spiro atoms. The van der Waals surface area contributed by atoms with Crippen molar-refractivity contribution in [3.05, 3.63) is 54.0 Å². The number of aromatic amines is 1. The van der Waals surface area contributed by atoms with Crippen LogP contribution in [0.25, 0.3) is 11.6 Å². The Balaban J connectivity index is 0.00000320. The largest absolute Gasteiger partial charge is 0.497 e. The number of aromatic nitrogens is 3. The van der Waals surface area contributed by atoms with Gasteiger partial charge in [-0.3, -0.25) is 10.1 Å². The number of halogens is 1. The Morgan fingerprint density at radius 1 is 1.20 bits per heavy atom. The molecule has 0 aliphatic rings. The van der Waals surface area contributed by atoms with Gasteiger partial charge in [0.05, 0.1) is 13.4 Å². The minimum atomic E-state index is 0. The van der Waals surface area contributed by atoms with E-state index in [0.717, 1.165) is 30.5 Å². The number of guanidine groups is 1. The summed E-state index contributed by atoms with van der Waals surface area (Å²) in [5.41, 5.74) is 1.30. The molecule has 1 unspecified atom stereocenters. The van der Waals surface area contributed by atoms with Crippen LogP contribution in [0.3, 0.4) is 0 Å². The molecule has 9 heteroatoms. The highest BCUT2D eigenvalue weighted by molar-refractivity contribution is 14.0. The molecule has 162 valence electrons. The van der Waals surface area contributed by atoms with E-state index in [4.69, 9.17) is 9.15 Å². The zero-order valence-electron chi connectivity index (χ0n) is 17.5. The Labute approximate surface area is 193 Å². The van der Waals surface area contributed by atoms with Gasteiger partial charge in [-0.1, -0.05) is 19.1 Å². The van der Waals surface area contributed by atoms with Crippen LogP contribution in [0.4, 0.5) is 0 Å². The SMILES string of the molecule is CN=C(NCCc1nc(-c2ccco2)n[nH]1)NCCC(C)c1ccc(OC)cc1.I.